The Morgan fingerprint density at radius 2 is 2.04 bits per heavy atom. The van der Waals surface area contributed by atoms with Crippen LogP contribution in [0.25, 0.3) is 22.2 Å². The molecule has 4 rings (SSSR count). The minimum Gasteiger partial charge on any atom is -0.387 e. The lowest BCUT2D eigenvalue weighted by atomic mass is 10.1. The Kier molecular flexibility index (Phi) is 4.15. The molecule has 0 aliphatic rings. The second-order valence-electron chi connectivity index (χ2n) is 5.40. The largest absolute Gasteiger partial charge is 0.437 e. The number of aromatic nitrogens is 4. The molecule has 0 bridgehead atoms. The van der Waals surface area contributed by atoms with E-state index in [2.05, 4.69) is 15.2 Å². The predicted molar refractivity (Wildman–Crippen MR) is 87.9 cm³/mol. The van der Waals surface area contributed by atoms with Crippen LogP contribution in [-0.4, -0.2) is 19.9 Å². The first-order chi connectivity index (χ1) is 12.9. The molecule has 0 unspecified atom stereocenters. The van der Waals surface area contributed by atoms with Gasteiger partial charge in [-0.1, -0.05) is 23.4 Å². The van der Waals surface area contributed by atoms with Gasteiger partial charge in [0.25, 0.3) is 5.89 Å². The molecule has 27 heavy (non-hydrogen) atoms. The molecule has 0 saturated heterocycles. The molecule has 7 nitrogen and oxygen atoms in total. The zero-order valence-electron chi connectivity index (χ0n) is 13.3. The van der Waals surface area contributed by atoms with Gasteiger partial charge in [-0.15, -0.1) is 16.4 Å². The Labute approximate surface area is 152 Å². The molecule has 0 fully saturated rings. The molecule has 4 aromatic rings. The fraction of sp³-hybridized carbons (Fsp3) is 0.125. The van der Waals surface area contributed by atoms with E-state index in [1.54, 1.807) is 12.1 Å². The quantitative estimate of drug-likeness (QED) is 0.525. The van der Waals surface area contributed by atoms with Crippen LogP contribution in [0.3, 0.4) is 0 Å². The zero-order valence-corrected chi connectivity index (χ0v) is 14.1. The Morgan fingerprint density at radius 3 is 2.78 bits per heavy atom. The first kappa shape index (κ1) is 17.2. The number of hydrogen-bond donors (Lipinski definition) is 0. The van der Waals surface area contributed by atoms with Gasteiger partial charge in [0.1, 0.15) is 6.54 Å². The number of nitrogens with zero attached hydrogens (tertiary/aromatic N) is 4. The molecule has 0 aliphatic carbocycles. The van der Waals surface area contributed by atoms with Crippen molar-refractivity contribution in [3.05, 3.63) is 63.8 Å². The zero-order chi connectivity index (χ0) is 19.0. The molecule has 138 valence electrons. The van der Waals surface area contributed by atoms with E-state index in [0.29, 0.717) is 4.88 Å². The van der Waals surface area contributed by atoms with Crippen molar-refractivity contribution in [2.45, 2.75) is 12.7 Å². The van der Waals surface area contributed by atoms with E-state index in [-0.39, 0.29) is 29.7 Å². The highest BCUT2D eigenvalue weighted by Crippen LogP contribution is 2.31. The highest BCUT2D eigenvalue weighted by Gasteiger charge is 2.30. The number of alkyl halides is 3. The van der Waals surface area contributed by atoms with E-state index in [1.165, 1.54) is 23.5 Å². The monoisotopic (exact) mass is 394 g/mol. The molecule has 0 spiro atoms. The van der Waals surface area contributed by atoms with Gasteiger partial charge in [-0.25, -0.2) is 4.79 Å². The molecule has 0 N–H and O–H groups in total. The van der Waals surface area contributed by atoms with Crippen LogP contribution in [0.4, 0.5) is 13.2 Å². The van der Waals surface area contributed by atoms with Gasteiger partial charge in [-0.3, -0.25) is 0 Å². The van der Waals surface area contributed by atoms with Gasteiger partial charge in [0, 0.05) is 5.56 Å². The summed E-state index contributed by atoms with van der Waals surface area (Å²) in [5, 5.41) is 9.53. The SMILES string of the molecule is O=c1oc(-c2cccs2)nn1Cc1nc(-c2cccc(C(F)(F)F)c2)no1. The Bertz CT molecular complexity index is 1130. The van der Waals surface area contributed by atoms with Crippen molar-refractivity contribution in [3.8, 4) is 22.2 Å². The summed E-state index contributed by atoms with van der Waals surface area (Å²) in [6.45, 7) is -0.167. The van der Waals surface area contributed by atoms with Crippen molar-refractivity contribution in [2.24, 2.45) is 0 Å². The molecular weight excluding hydrogens is 385 g/mol. The average molecular weight is 394 g/mol. The molecule has 3 aromatic heterocycles. The highest BCUT2D eigenvalue weighted by atomic mass is 32.1. The minimum absolute atomic E-state index is 0.00976. The van der Waals surface area contributed by atoms with E-state index in [0.717, 1.165) is 16.8 Å². The van der Waals surface area contributed by atoms with Crippen molar-refractivity contribution in [1.29, 1.82) is 0 Å². The molecule has 0 radical (unpaired) electrons. The lowest BCUT2D eigenvalue weighted by Gasteiger charge is -2.06. The predicted octanol–water partition coefficient (Wildman–Crippen LogP) is 3.68. The summed E-state index contributed by atoms with van der Waals surface area (Å²) in [5.41, 5.74) is -0.675. The summed E-state index contributed by atoms with van der Waals surface area (Å²) < 4.78 is 49.5. The normalized spacial score (nSPS) is 11.8. The summed E-state index contributed by atoms with van der Waals surface area (Å²) in [6, 6.07) is 8.10. The number of thiophene rings is 1. The third kappa shape index (κ3) is 3.53. The van der Waals surface area contributed by atoms with Gasteiger partial charge in [0.05, 0.1) is 10.4 Å². The maximum absolute atomic E-state index is 12.8. The van der Waals surface area contributed by atoms with Crippen LogP contribution in [0.2, 0.25) is 0 Å². The van der Waals surface area contributed by atoms with Crippen LogP contribution in [-0.2, 0) is 12.7 Å². The van der Waals surface area contributed by atoms with E-state index in [9.17, 15) is 18.0 Å². The smallest absolute Gasteiger partial charge is 0.387 e. The van der Waals surface area contributed by atoms with E-state index >= 15 is 0 Å². The summed E-state index contributed by atoms with van der Waals surface area (Å²) >= 11 is 1.36. The number of hydrogen-bond acceptors (Lipinski definition) is 7. The molecule has 3 heterocycles. The first-order valence-corrected chi connectivity index (χ1v) is 8.40. The Hall–Kier alpha value is -3.21. The molecule has 1 aromatic carbocycles. The minimum atomic E-state index is -4.48. The van der Waals surface area contributed by atoms with Gasteiger partial charge in [-0.05, 0) is 23.6 Å². The van der Waals surface area contributed by atoms with Crippen molar-refractivity contribution in [3.63, 3.8) is 0 Å². The van der Waals surface area contributed by atoms with Gasteiger partial charge in [0.15, 0.2) is 0 Å². The Morgan fingerprint density at radius 1 is 1.19 bits per heavy atom. The van der Waals surface area contributed by atoms with Crippen LogP contribution in [0.15, 0.2) is 55.5 Å². The third-order valence-corrected chi connectivity index (χ3v) is 4.40. The average Bonchev–Trinajstić information content (AvgIpc) is 3.37. The van der Waals surface area contributed by atoms with Gasteiger partial charge < -0.3 is 8.94 Å². The Balaban J connectivity index is 1.58. The van der Waals surface area contributed by atoms with Crippen LogP contribution >= 0.6 is 11.3 Å². The molecule has 0 aliphatic heterocycles. The number of halogens is 3. The standard InChI is InChI=1S/C16H9F3N4O3S/c17-16(18,19)10-4-1-3-9(7-10)13-20-12(26-22-13)8-23-15(24)25-14(21-23)11-5-2-6-27-11/h1-7H,8H2. The maximum Gasteiger partial charge on any atom is 0.437 e. The lowest BCUT2D eigenvalue weighted by molar-refractivity contribution is -0.137. The van der Waals surface area contributed by atoms with Crippen molar-refractivity contribution < 1.29 is 22.1 Å². The third-order valence-electron chi connectivity index (χ3n) is 3.54. The van der Waals surface area contributed by atoms with Crippen molar-refractivity contribution in [1.82, 2.24) is 19.9 Å². The summed E-state index contributed by atoms with van der Waals surface area (Å²) in [4.78, 5) is 16.6. The molecule has 11 heteroatoms. The van der Waals surface area contributed by atoms with E-state index < -0.39 is 17.5 Å². The lowest BCUT2D eigenvalue weighted by Crippen LogP contribution is -2.16. The summed E-state index contributed by atoms with van der Waals surface area (Å²) in [6.07, 6.45) is -4.48. The number of rotatable bonds is 4. The molecular formula is C16H9F3N4O3S. The second kappa shape index (κ2) is 6.50. The van der Waals surface area contributed by atoms with E-state index in [4.69, 9.17) is 8.94 Å². The molecule has 0 atom stereocenters. The summed E-state index contributed by atoms with van der Waals surface area (Å²) in [5.74, 6) is -0.563. The molecule has 0 saturated carbocycles. The number of benzene rings is 1. The van der Waals surface area contributed by atoms with Crippen molar-refractivity contribution in [2.75, 3.05) is 0 Å². The van der Waals surface area contributed by atoms with E-state index in [1.807, 2.05) is 5.38 Å². The van der Waals surface area contributed by atoms with Crippen LogP contribution < -0.4 is 5.76 Å². The van der Waals surface area contributed by atoms with Crippen LogP contribution in [0, 0.1) is 0 Å². The highest BCUT2D eigenvalue weighted by molar-refractivity contribution is 7.13. The second-order valence-corrected chi connectivity index (χ2v) is 6.35. The van der Waals surface area contributed by atoms with Crippen LogP contribution in [0.5, 0.6) is 0 Å². The van der Waals surface area contributed by atoms with Crippen molar-refractivity contribution >= 4 is 11.3 Å². The fourth-order valence-corrected chi connectivity index (χ4v) is 2.95. The van der Waals surface area contributed by atoms with Gasteiger partial charge >= 0.3 is 11.9 Å². The maximum atomic E-state index is 12.8. The first-order valence-electron chi connectivity index (χ1n) is 7.52. The van der Waals surface area contributed by atoms with Gasteiger partial charge in [0.2, 0.25) is 11.7 Å². The van der Waals surface area contributed by atoms with Crippen LogP contribution in [0.1, 0.15) is 11.5 Å². The summed E-state index contributed by atoms with van der Waals surface area (Å²) in [7, 11) is 0. The molecule has 0 amide bonds. The van der Waals surface area contributed by atoms with Gasteiger partial charge in [-0.2, -0.15) is 22.8 Å². The topological polar surface area (TPSA) is 87.0 Å². The fourth-order valence-electron chi connectivity index (χ4n) is 2.31.